The molecule has 1 aliphatic heterocycles. The van der Waals surface area contributed by atoms with Crippen LogP contribution in [0.4, 0.5) is 4.39 Å². The second-order valence-corrected chi connectivity index (χ2v) is 5.32. The van der Waals surface area contributed by atoms with Crippen LogP contribution >= 0.6 is 0 Å². The van der Waals surface area contributed by atoms with Gasteiger partial charge in [0.05, 0.1) is 0 Å². The molecule has 0 bridgehead atoms. The minimum Gasteiger partial charge on any atom is -0.389 e. The summed E-state index contributed by atoms with van der Waals surface area (Å²) in [7, 11) is 0. The summed E-state index contributed by atoms with van der Waals surface area (Å²) in [4.78, 5) is 13.9. The van der Waals surface area contributed by atoms with E-state index in [-0.39, 0.29) is 17.3 Å². The molecule has 0 radical (unpaired) electrons. The molecule has 0 atom stereocenters. The number of nitrogens with one attached hydrogen (secondary N) is 1. The fraction of sp³-hybridized carbons (Fsp3) is 0.412. The molecule has 1 aromatic carbocycles. The molecule has 1 aliphatic rings. The fourth-order valence-electron chi connectivity index (χ4n) is 2.49. The minimum absolute atomic E-state index is 0.107. The number of piperidine rings is 1. The average molecular weight is 301 g/mol. The van der Waals surface area contributed by atoms with Crippen molar-refractivity contribution in [1.82, 2.24) is 10.2 Å². The molecular formula is C17H20FN3O. The van der Waals surface area contributed by atoms with E-state index in [0.29, 0.717) is 31.6 Å². The first kappa shape index (κ1) is 16.0. The summed E-state index contributed by atoms with van der Waals surface area (Å²) in [6.45, 7) is 1.90. The lowest BCUT2D eigenvalue weighted by atomic mass is 10.1. The largest absolute Gasteiger partial charge is 0.389 e. The van der Waals surface area contributed by atoms with Crippen molar-refractivity contribution in [3.63, 3.8) is 0 Å². The zero-order valence-electron chi connectivity index (χ0n) is 12.5. The molecule has 0 spiro atoms. The van der Waals surface area contributed by atoms with E-state index in [1.165, 1.54) is 12.3 Å². The van der Waals surface area contributed by atoms with Crippen LogP contribution in [0.2, 0.25) is 0 Å². The van der Waals surface area contributed by atoms with Crippen LogP contribution in [0.3, 0.4) is 0 Å². The highest BCUT2D eigenvalue weighted by molar-refractivity contribution is 5.97. The van der Waals surface area contributed by atoms with Gasteiger partial charge in [-0.1, -0.05) is 18.2 Å². The van der Waals surface area contributed by atoms with Crippen molar-refractivity contribution in [2.45, 2.75) is 25.7 Å². The van der Waals surface area contributed by atoms with Gasteiger partial charge < -0.3 is 10.2 Å². The molecule has 1 fully saturated rings. The summed E-state index contributed by atoms with van der Waals surface area (Å²) in [6, 6.07) is 8.53. The second-order valence-electron chi connectivity index (χ2n) is 5.32. The first-order valence-corrected chi connectivity index (χ1v) is 7.58. The number of nitriles is 1. The number of benzene rings is 1. The topological polar surface area (TPSA) is 56.1 Å². The van der Waals surface area contributed by atoms with Gasteiger partial charge in [-0.15, -0.1) is 0 Å². The summed E-state index contributed by atoms with van der Waals surface area (Å²) in [6.07, 6.45) is 5.06. The van der Waals surface area contributed by atoms with Crippen LogP contribution in [0.25, 0.3) is 0 Å². The van der Waals surface area contributed by atoms with Crippen molar-refractivity contribution in [3.8, 4) is 6.07 Å². The molecule has 4 nitrogen and oxygen atoms in total. The standard InChI is InChI=1S/C17H20FN3O/c18-16-7-3-2-6-14(16)8-9-20-13-15(12-19)17(22)21-10-4-1-5-11-21/h2-3,6-7,13,20H,1,4-5,8-11H2/b15-13-. The molecule has 0 unspecified atom stereocenters. The number of halogens is 1. The second kappa shape index (κ2) is 8.18. The Bertz CT molecular complexity index is 586. The number of nitrogens with zero attached hydrogens (tertiary/aromatic N) is 2. The number of rotatable bonds is 5. The Labute approximate surface area is 130 Å². The lowest BCUT2D eigenvalue weighted by molar-refractivity contribution is -0.127. The first-order valence-electron chi connectivity index (χ1n) is 7.58. The van der Waals surface area contributed by atoms with Gasteiger partial charge in [0.15, 0.2) is 0 Å². The van der Waals surface area contributed by atoms with Gasteiger partial charge in [0.25, 0.3) is 5.91 Å². The summed E-state index contributed by atoms with van der Waals surface area (Å²) in [5.74, 6) is -0.459. The molecule has 2 rings (SSSR count). The van der Waals surface area contributed by atoms with Crippen LogP contribution in [0.5, 0.6) is 0 Å². The van der Waals surface area contributed by atoms with E-state index in [9.17, 15) is 9.18 Å². The molecule has 1 aromatic rings. The average Bonchev–Trinajstić information content (AvgIpc) is 2.57. The summed E-state index contributed by atoms with van der Waals surface area (Å²) >= 11 is 0. The monoisotopic (exact) mass is 301 g/mol. The Morgan fingerprint density at radius 1 is 1.32 bits per heavy atom. The maximum atomic E-state index is 13.5. The number of carbonyl (C=O) groups is 1. The van der Waals surface area contributed by atoms with Crippen molar-refractivity contribution in [3.05, 3.63) is 47.4 Å². The van der Waals surface area contributed by atoms with E-state index in [1.54, 1.807) is 23.1 Å². The lowest BCUT2D eigenvalue weighted by Crippen LogP contribution is -2.36. The number of hydrogen-bond acceptors (Lipinski definition) is 3. The molecule has 1 heterocycles. The third kappa shape index (κ3) is 4.32. The van der Waals surface area contributed by atoms with E-state index in [0.717, 1.165) is 19.3 Å². The SMILES string of the molecule is N#C/C(=C/NCCc1ccccc1F)C(=O)N1CCCCC1. The Balaban J connectivity index is 1.86. The Kier molecular flexibility index (Phi) is 5.96. The molecule has 22 heavy (non-hydrogen) atoms. The highest BCUT2D eigenvalue weighted by Gasteiger charge is 2.19. The molecule has 116 valence electrons. The Morgan fingerprint density at radius 3 is 2.73 bits per heavy atom. The maximum absolute atomic E-state index is 13.5. The molecule has 1 N–H and O–H groups in total. The van der Waals surface area contributed by atoms with Crippen LogP contribution in [0.15, 0.2) is 36.0 Å². The lowest BCUT2D eigenvalue weighted by Gasteiger charge is -2.26. The predicted octanol–water partition coefficient (Wildman–Crippen LogP) is 2.38. The van der Waals surface area contributed by atoms with Gasteiger partial charge in [0.1, 0.15) is 17.5 Å². The van der Waals surface area contributed by atoms with E-state index in [1.807, 2.05) is 6.07 Å². The molecule has 0 saturated carbocycles. The summed E-state index contributed by atoms with van der Waals surface area (Å²) in [5, 5.41) is 12.1. The van der Waals surface area contributed by atoms with Gasteiger partial charge >= 0.3 is 0 Å². The first-order chi connectivity index (χ1) is 10.7. The Hall–Kier alpha value is -2.35. The molecule has 0 aromatic heterocycles. The van der Waals surface area contributed by atoms with Crippen LogP contribution in [0, 0.1) is 17.1 Å². The normalized spacial score (nSPS) is 15.3. The molecule has 1 amide bonds. The highest BCUT2D eigenvalue weighted by Crippen LogP contribution is 2.11. The number of likely N-dealkylation sites (tertiary alicyclic amines) is 1. The van der Waals surface area contributed by atoms with Gasteiger partial charge in [-0.3, -0.25) is 4.79 Å². The van der Waals surface area contributed by atoms with E-state index in [4.69, 9.17) is 5.26 Å². The molecular weight excluding hydrogens is 281 g/mol. The van der Waals surface area contributed by atoms with Crippen LogP contribution in [-0.4, -0.2) is 30.4 Å². The molecule has 5 heteroatoms. The van der Waals surface area contributed by atoms with Crippen LogP contribution < -0.4 is 5.32 Å². The van der Waals surface area contributed by atoms with Crippen molar-refractivity contribution in [2.75, 3.05) is 19.6 Å². The van der Waals surface area contributed by atoms with E-state index in [2.05, 4.69) is 5.32 Å². The number of hydrogen-bond donors (Lipinski definition) is 1. The number of amides is 1. The maximum Gasteiger partial charge on any atom is 0.265 e. The van der Waals surface area contributed by atoms with Crippen LogP contribution in [0.1, 0.15) is 24.8 Å². The number of carbonyl (C=O) groups excluding carboxylic acids is 1. The third-order valence-corrected chi connectivity index (χ3v) is 3.74. The Morgan fingerprint density at radius 2 is 2.05 bits per heavy atom. The van der Waals surface area contributed by atoms with Gasteiger partial charge in [0, 0.05) is 25.8 Å². The fourth-order valence-corrected chi connectivity index (χ4v) is 2.49. The molecule has 0 aliphatic carbocycles. The van der Waals surface area contributed by atoms with E-state index < -0.39 is 0 Å². The minimum atomic E-state index is -0.238. The summed E-state index contributed by atoms with van der Waals surface area (Å²) in [5.41, 5.74) is 0.722. The van der Waals surface area contributed by atoms with Crippen molar-refractivity contribution >= 4 is 5.91 Å². The summed E-state index contributed by atoms with van der Waals surface area (Å²) < 4.78 is 13.5. The van der Waals surface area contributed by atoms with Gasteiger partial charge in [0.2, 0.25) is 0 Å². The van der Waals surface area contributed by atoms with Crippen LogP contribution in [-0.2, 0) is 11.2 Å². The highest BCUT2D eigenvalue weighted by atomic mass is 19.1. The molecule has 1 saturated heterocycles. The predicted molar refractivity (Wildman–Crippen MR) is 82.2 cm³/mol. The van der Waals surface area contributed by atoms with Gasteiger partial charge in [-0.25, -0.2) is 4.39 Å². The van der Waals surface area contributed by atoms with E-state index >= 15 is 0 Å². The smallest absolute Gasteiger partial charge is 0.265 e. The van der Waals surface area contributed by atoms with Crippen molar-refractivity contribution < 1.29 is 9.18 Å². The van der Waals surface area contributed by atoms with Gasteiger partial charge in [-0.2, -0.15) is 5.26 Å². The zero-order valence-corrected chi connectivity index (χ0v) is 12.5. The van der Waals surface area contributed by atoms with Crippen molar-refractivity contribution in [2.24, 2.45) is 0 Å². The zero-order chi connectivity index (χ0) is 15.8. The van der Waals surface area contributed by atoms with Crippen molar-refractivity contribution in [1.29, 1.82) is 5.26 Å². The third-order valence-electron chi connectivity index (χ3n) is 3.74. The van der Waals surface area contributed by atoms with Gasteiger partial charge in [-0.05, 0) is 37.3 Å². The quantitative estimate of drug-likeness (QED) is 0.516.